The van der Waals surface area contributed by atoms with Crippen LogP contribution in [0.1, 0.15) is 44.9 Å². The number of rotatable bonds is 4. The predicted molar refractivity (Wildman–Crippen MR) is 114 cm³/mol. The van der Waals surface area contributed by atoms with Gasteiger partial charge < -0.3 is 10.4 Å². The smallest absolute Gasteiger partial charge is 0.335 e. The Labute approximate surface area is 172 Å². The molecule has 0 unspecified atom stereocenters. The number of nitrogens with zero attached hydrogens (tertiary/aromatic N) is 2. The number of thioether (sulfide) groups is 1. The highest BCUT2D eigenvalue weighted by molar-refractivity contribution is 8.00. The van der Waals surface area contributed by atoms with Crippen LogP contribution in [0.15, 0.2) is 48.5 Å². The van der Waals surface area contributed by atoms with E-state index in [4.69, 9.17) is 10.2 Å². The SMILES string of the molecule is CCc1ccc(-n2nc(C)c3c2NC(=O)CS[C@H]3c2ccc(C(=O)O)cc2)cc1. The monoisotopic (exact) mass is 407 g/mol. The molecule has 0 bridgehead atoms. The second kappa shape index (κ2) is 7.75. The molecule has 1 aliphatic heterocycles. The van der Waals surface area contributed by atoms with Gasteiger partial charge in [0.15, 0.2) is 0 Å². The van der Waals surface area contributed by atoms with Gasteiger partial charge in [-0.1, -0.05) is 31.2 Å². The minimum absolute atomic E-state index is 0.0766. The first-order valence-corrected chi connectivity index (χ1v) is 10.5. The van der Waals surface area contributed by atoms with E-state index < -0.39 is 5.97 Å². The average Bonchev–Trinajstić information content (AvgIpc) is 2.93. The third-order valence-electron chi connectivity index (χ3n) is 5.06. The molecule has 0 saturated carbocycles. The van der Waals surface area contributed by atoms with Gasteiger partial charge in [0.05, 0.1) is 27.9 Å². The molecule has 0 radical (unpaired) electrons. The van der Waals surface area contributed by atoms with E-state index >= 15 is 0 Å². The van der Waals surface area contributed by atoms with E-state index in [0.717, 1.165) is 28.9 Å². The standard InChI is InChI=1S/C22H21N3O3S/c1-3-14-4-10-17(11-5-14)25-21-19(13(2)24-25)20(29-12-18(26)23-21)15-6-8-16(9-7-15)22(27)28/h4-11,20H,3,12H2,1-2H3,(H,23,26)(H,27,28)/t20-/m0/s1. The molecule has 29 heavy (non-hydrogen) atoms. The maximum absolute atomic E-state index is 12.4. The summed E-state index contributed by atoms with van der Waals surface area (Å²) in [7, 11) is 0. The zero-order valence-electron chi connectivity index (χ0n) is 16.2. The predicted octanol–water partition coefficient (Wildman–Crippen LogP) is 4.22. The molecule has 148 valence electrons. The average molecular weight is 407 g/mol. The molecule has 6 nitrogen and oxygen atoms in total. The number of carboxylic acid groups (broad SMARTS) is 1. The summed E-state index contributed by atoms with van der Waals surface area (Å²) >= 11 is 1.52. The first kappa shape index (κ1) is 19.3. The largest absolute Gasteiger partial charge is 0.478 e. The molecule has 1 aromatic heterocycles. The van der Waals surface area contributed by atoms with Gasteiger partial charge in [-0.3, -0.25) is 4.79 Å². The van der Waals surface area contributed by atoms with Crippen molar-refractivity contribution in [1.82, 2.24) is 9.78 Å². The number of hydrogen-bond acceptors (Lipinski definition) is 4. The minimum Gasteiger partial charge on any atom is -0.478 e. The summed E-state index contributed by atoms with van der Waals surface area (Å²) in [5.74, 6) is -0.0442. The van der Waals surface area contributed by atoms with E-state index in [0.29, 0.717) is 11.6 Å². The first-order chi connectivity index (χ1) is 14.0. The van der Waals surface area contributed by atoms with Crippen LogP contribution in [0.25, 0.3) is 5.69 Å². The number of anilines is 1. The van der Waals surface area contributed by atoms with Gasteiger partial charge in [0.25, 0.3) is 0 Å². The summed E-state index contributed by atoms with van der Waals surface area (Å²) in [5.41, 5.74) is 5.09. The van der Waals surface area contributed by atoms with Crippen LogP contribution in [0.4, 0.5) is 5.82 Å². The lowest BCUT2D eigenvalue weighted by Crippen LogP contribution is -2.15. The summed E-state index contributed by atoms with van der Waals surface area (Å²) in [5, 5.41) is 16.8. The maximum Gasteiger partial charge on any atom is 0.335 e. The highest BCUT2D eigenvalue weighted by Crippen LogP contribution is 2.43. The number of fused-ring (bicyclic) bond motifs is 1. The lowest BCUT2D eigenvalue weighted by atomic mass is 10.0. The number of benzene rings is 2. The molecule has 1 amide bonds. The molecule has 4 rings (SSSR count). The Balaban J connectivity index is 1.81. The molecule has 1 atom stereocenters. The first-order valence-electron chi connectivity index (χ1n) is 9.41. The Hall–Kier alpha value is -3.06. The molecule has 2 aromatic carbocycles. The Bertz CT molecular complexity index is 1070. The summed E-state index contributed by atoms with van der Waals surface area (Å²) in [6.07, 6.45) is 0.957. The van der Waals surface area contributed by atoms with Crippen molar-refractivity contribution >= 4 is 29.5 Å². The number of carboxylic acids is 1. The van der Waals surface area contributed by atoms with Gasteiger partial charge in [-0.25, -0.2) is 9.48 Å². The number of hydrogen-bond donors (Lipinski definition) is 2. The normalized spacial score (nSPS) is 16.1. The molecule has 3 aromatic rings. The van der Waals surface area contributed by atoms with Gasteiger partial charge in [-0.15, -0.1) is 11.8 Å². The number of amides is 1. The Morgan fingerprint density at radius 2 is 1.90 bits per heavy atom. The second-order valence-corrected chi connectivity index (χ2v) is 8.04. The number of carbonyl (C=O) groups is 2. The third kappa shape index (κ3) is 3.65. The van der Waals surface area contributed by atoms with Crippen LogP contribution in [0.5, 0.6) is 0 Å². The van der Waals surface area contributed by atoms with Crippen molar-refractivity contribution in [1.29, 1.82) is 0 Å². The highest BCUT2D eigenvalue weighted by atomic mass is 32.2. The van der Waals surface area contributed by atoms with E-state index in [-0.39, 0.29) is 16.7 Å². The van der Waals surface area contributed by atoms with Crippen LogP contribution in [0.2, 0.25) is 0 Å². The fourth-order valence-electron chi connectivity index (χ4n) is 3.51. The fourth-order valence-corrected chi connectivity index (χ4v) is 4.70. The van der Waals surface area contributed by atoms with Crippen LogP contribution < -0.4 is 5.32 Å². The molecular weight excluding hydrogens is 386 g/mol. The van der Waals surface area contributed by atoms with Gasteiger partial charge in [-0.2, -0.15) is 5.10 Å². The zero-order valence-corrected chi connectivity index (χ0v) is 17.0. The topological polar surface area (TPSA) is 84.2 Å². The van der Waals surface area contributed by atoms with Crippen molar-refractivity contribution in [3.8, 4) is 5.69 Å². The Morgan fingerprint density at radius 1 is 1.21 bits per heavy atom. The molecule has 0 aliphatic carbocycles. The van der Waals surface area contributed by atoms with Crippen molar-refractivity contribution in [3.05, 3.63) is 76.5 Å². The Kier molecular flexibility index (Phi) is 5.15. The zero-order chi connectivity index (χ0) is 20.5. The number of aromatic carboxylic acids is 1. The second-order valence-electron chi connectivity index (χ2n) is 6.95. The van der Waals surface area contributed by atoms with E-state index in [2.05, 4.69) is 24.4 Å². The van der Waals surface area contributed by atoms with Gasteiger partial charge in [-0.05, 0) is 48.7 Å². The fraction of sp³-hybridized carbons (Fsp3) is 0.227. The number of nitrogens with one attached hydrogen (secondary N) is 1. The summed E-state index contributed by atoms with van der Waals surface area (Å²) in [6, 6.07) is 15.0. The van der Waals surface area contributed by atoms with E-state index in [1.54, 1.807) is 16.8 Å². The maximum atomic E-state index is 12.4. The summed E-state index contributed by atoms with van der Waals surface area (Å²) in [6.45, 7) is 4.04. The summed E-state index contributed by atoms with van der Waals surface area (Å²) < 4.78 is 1.78. The van der Waals surface area contributed by atoms with Gasteiger partial charge >= 0.3 is 5.97 Å². The van der Waals surface area contributed by atoms with Crippen LogP contribution >= 0.6 is 11.8 Å². The van der Waals surface area contributed by atoms with E-state index in [1.165, 1.54) is 17.3 Å². The molecule has 0 spiro atoms. The van der Waals surface area contributed by atoms with Crippen molar-refractivity contribution in [2.24, 2.45) is 0 Å². The van der Waals surface area contributed by atoms with Crippen LogP contribution in [-0.4, -0.2) is 32.5 Å². The van der Waals surface area contributed by atoms with E-state index in [9.17, 15) is 9.59 Å². The van der Waals surface area contributed by atoms with Crippen LogP contribution in [0, 0.1) is 6.92 Å². The highest BCUT2D eigenvalue weighted by Gasteiger charge is 2.30. The number of aryl methyl sites for hydroxylation is 2. The Morgan fingerprint density at radius 3 is 2.52 bits per heavy atom. The lowest BCUT2D eigenvalue weighted by Gasteiger charge is -2.15. The van der Waals surface area contributed by atoms with E-state index in [1.807, 2.05) is 31.2 Å². The molecule has 2 heterocycles. The summed E-state index contributed by atoms with van der Waals surface area (Å²) in [4.78, 5) is 23.6. The molecule has 0 saturated heterocycles. The van der Waals surface area contributed by atoms with Crippen molar-refractivity contribution < 1.29 is 14.7 Å². The lowest BCUT2D eigenvalue weighted by molar-refractivity contribution is -0.113. The number of aromatic nitrogens is 2. The van der Waals surface area contributed by atoms with Crippen molar-refractivity contribution in [3.63, 3.8) is 0 Å². The van der Waals surface area contributed by atoms with Crippen molar-refractivity contribution in [2.75, 3.05) is 11.1 Å². The molecule has 7 heteroatoms. The molecule has 0 fully saturated rings. The quantitative estimate of drug-likeness (QED) is 0.677. The molecule has 1 aliphatic rings. The third-order valence-corrected chi connectivity index (χ3v) is 6.33. The van der Waals surface area contributed by atoms with Crippen LogP contribution in [-0.2, 0) is 11.2 Å². The number of carbonyl (C=O) groups excluding carboxylic acids is 1. The van der Waals surface area contributed by atoms with Gasteiger partial charge in [0.2, 0.25) is 5.91 Å². The van der Waals surface area contributed by atoms with Gasteiger partial charge in [0, 0.05) is 5.56 Å². The minimum atomic E-state index is -0.956. The molecule has 2 N–H and O–H groups in total. The molecular formula is C22H21N3O3S. The van der Waals surface area contributed by atoms with Gasteiger partial charge in [0.1, 0.15) is 5.82 Å². The van der Waals surface area contributed by atoms with Crippen LogP contribution in [0.3, 0.4) is 0 Å². The van der Waals surface area contributed by atoms with Crippen molar-refractivity contribution in [2.45, 2.75) is 25.5 Å².